The Morgan fingerprint density at radius 3 is 2.90 bits per heavy atom. The van der Waals surface area contributed by atoms with Gasteiger partial charge in [0.15, 0.2) is 0 Å². The molecule has 1 amide bonds. The Bertz CT molecular complexity index is 462. The highest BCUT2D eigenvalue weighted by Crippen LogP contribution is 2.30. The Labute approximate surface area is 131 Å². The first-order chi connectivity index (χ1) is 10.3. The van der Waals surface area contributed by atoms with Gasteiger partial charge >= 0.3 is 0 Å². The summed E-state index contributed by atoms with van der Waals surface area (Å²) in [7, 11) is 0. The van der Waals surface area contributed by atoms with E-state index in [2.05, 4.69) is 21.7 Å². The molecule has 2 saturated heterocycles. The highest BCUT2D eigenvalue weighted by atomic mass is 32.1. The number of aromatic nitrogens is 1. The van der Waals surface area contributed by atoms with E-state index in [1.54, 1.807) is 11.3 Å². The van der Waals surface area contributed by atoms with Crippen LogP contribution in [0.25, 0.3) is 0 Å². The van der Waals surface area contributed by atoms with Gasteiger partial charge in [-0.05, 0) is 38.8 Å². The fourth-order valence-corrected chi connectivity index (χ4v) is 4.54. The number of aryl methyl sites for hydroxylation is 1. The number of hydrogen-bond acceptors (Lipinski definition) is 4. The van der Waals surface area contributed by atoms with E-state index in [0.29, 0.717) is 24.4 Å². The molecule has 5 heteroatoms. The van der Waals surface area contributed by atoms with Crippen LogP contribution < -0.4 is 0 Å². The molecule has 0 radical (unpaired) electrons. The lowest BCUT2D eigenvalue weighted by Crippen LogP contribution is -2.48. The number of amides is 1. The second kappa shape index (κ2) is 6.88. The van der Waals surface area contributed by atoms with E-state index in [-0.39, 0.29) is 0 Å². The predicted octanol–water partition coefficient (Wildman–Crippen LogP) is 2.55. The van der Waals surface area contributed by atoms with Gasteiger partial charge in [0.2, 0.25) is 5.91 Å². The van der Waals surface area contributed by atoms with Crippen LogP contribution in [0.3, 0.4) is 0 Å². The minimum absolute atomic E-state index is 0.329. The van der Waals surface area contributed by atoms with Crippen LogP contribution in [0, 0.1) is 0 Å². The molecule has 3 heterocycles. The van der Waals surface area contributed by atoms with Crippen LogP contribution in [-0.2, 0) is 11.2 Å². The van der Waals surface area contributed by atoms with Crippen molar-refractivity contribution in [1.82, 2.24) is 14.8 Å². The maximum Gasteiger partial charge on any atom is 0.223 e. The van der Waals surface area contributed by atoms with E-state index in [9.17, 15) is 4.79 Å². The van der Waals surface area contributed by atoms with Crippen molar-refractivity contribution >= 4 is 17.2 Å². The van der Waals surface area contributed by atoms with Crippen molar-refractivity contribution < 1.29 is 4.79 Å². The molecule has 3 rings (SSSR count). The van der Waals surface area contributed by atoms with Crippen LogP contribution in [-0.4, -0.2) is 52.4 Å². The summed E-state index contributed by atoms with van der Waals surface area (Å²) >= 11 is 1.65. The SMILES string of the molecule is CCN1CCC[C@@H]1[C@H]1CCCN1C(=O)CCc1nccs1. The van der Waals surface area contributed by atoms with E-state index < -0.39 is 0 Å². The first-order valence-electron chi connectivity index (χ1n) is 8.21. The molecule has 0 spiro atoms. The molecule has 0 unspecified atom stereocenters. The molecule has 0 bridgehead atoms. The molecule has 2 aliphatic rings. The van der Waals surface area contributed by atoms with Crippen molar-refractivity contribution in [3.05, 3.63) is 16.6 Å². The number of carbonyl (C=O) groups excluding carboxylic acids is 1. The summed E-state index contributed by atoms with van der Waals surface area (Å²) in [5, 5.41) is 3.06. The van der Waals surface area contributed by atoms with Crippen LogP contribution in [0.5, 0.6) is 0 Å². The van der Waals surface area contributed by atoms with Crippen molar-refractivity contribution in [2.24, 2.45) is 0 Å². The van der Waals surface area contributed by atoms with E-state index in [0.717, 1.165) is 24.5 Å². The van der Waals surface area contributed by atoms with Gasteiger partial charge in [0.1, 0.15) is 0 Å². The molecule has 2 atom stereocenters. The molecule has 2 aliphatic heterocycles. The maximum atomic E-state index is 12.6. The number of carbonyl (C=O) groups is 1. The second-order valence-electron chi connectivity index (χ2n) is 6.06. The number of nitrogens with zero attached hydrogens (tertiary/aromatic N) is 3. The number of thiazole rings is 1. The topological polar surface area (TPSA) is 36.4 Å². The Kier molecular flexibility index (Phi) is 4.91. The Balaban J connectivity index is 1.59. The summed E-state index contributed by atoms with van der Waals surface area (Å²) in [5.74, 6) is 0.329. The normalized spacial score (nSPS) is 26.6. The van der Waals surface area contributed by atoms with E-state index in [1.165, 1.54) is 32.2 Å². The number of likely N-dealkylation sites (N-methyl/N-ethyl adjacent to an activating group) is 1. The van der Waals surface area contributed by atoms with Crippen molar-refractivity contribution in [2.45, 2.75) is 57.5 Å². The van der Waals surface area contributed by atoms with Gasteiger partial charge in [-0.3, -0.25) is 9.69 Å². The maximum absolute atomic E-state index is 12.6. The second-order valence-corrected chi connectivity index (χ2v) is 7.04. The lowest BCUT2D eigenvalue weighted by molar-refractivity contribution is -0.133. The summed E-state index contributed by atoms with van der Waals surface area (Å²) in [6.45, 7) is 5.51. The summed E-state index contributed by atoms with van der Waals surface area (Å²) < 4.78 is 0. The van der Waals surface area contributed by atoms with Gasteiger partial charge in [-0.15, -0.1) is 11.3 Å². The zero-order valence-electron chi connectivity index (χ0n) is 12.8. The fraction of sp³-hybridized carbons (Fsp3) is 0.750. The van der Waals surface area contributed by atoms with E-state index in [4.69, 9.17) is 0 Å². The molecular weight excluding hydrogens is 282 g/mol. The van der Waals surface area contributed by atoms with Crippen LogP contribution in [0.2, 0.25) is 0 Å². The standard InChI is InChI=1S/C16H25N3OS/c1-2-18-10-3-5-13(18)14-6-4-11-19(14)16(20)8-7-15-17-9-12-21-15/h9,12-14H,2-8,10-11H2,1H3/t13-,14-/m1/s1. The molecule has 4 nitrogen and oxygen atoms in total. The molecule has 1 aromatic heterocycles. The first-order valence-corrected chi connectivity index (χ1v) is 9.09. The molecule has 1 aromatic rings. The molecule has 2 fully saturated rings. The molecule has 0 aromatic carbocycles. The molecule has 0 saturated carbocycles. The van der Waals surface area contributed by atoms with E-state index >= 15 is 0 Å². The summed E-state index contributed by atoms with van der Waals surface area (Å²) in [5.41, 5.74) is 0. The van der Waals surface area contributed by atoms with Gasteiger partial charge < -0.3 is 4.90 Å². The quantitative estimate of drug-likeness (QED) is 0.839. The number of likely N-dealkylation sites (tertiary alicyclic amines) is 2. The van der Waals surface area contributed by atoms with Crippen molar-refractivity contribution in [2.75, 3.05) is 19.6 Å². The Morgan fingerprint density at radius 2 is 2.14 bits per heavy atom. The van der Waals surface area contributed by atoms with Gasteiger partial charge in [-0.25, -0.2) is 4.98 Å². The van der Waals surface area contributed by atoms with Crippen LogP contribution in [0.1, 0.15) is 44.0 Å². The van der Waals surface area contributed by atoms with Crippen molar-refractivity contribution in [1.29, 1.82) is 0 Å². The zero-order valence-corrected chi connectivity index (χ0v) is 13.6. The Hall–Kier alpha value is -0.940. The average molecular weight is 307 g/mol. The monoisotopic (exact) mass is 307 g/mol. The van der Waals surface area contributed by atoms with Gasteiger partial charge in [0.05, 0.1) is 5.01 Å². The third-order valence-electron chi connectivity index (χ3n) is 4.92. The van der Waals surface area contributed by atoms with E-state index in [1.807, 2.05) is 11.6 Å². The summed E-state index contributed by atoms with van der Waals surface area (Å²) in [6.07, 6.45) is 8.13. The minimum Gasteiger partial charge on any atom is -0.338 e. The third kappa shape index (κ3) is 3.29. The average Bonchev–Trinajstić information content (AvgIpc) is 3.23. The molecule has 0 N–H and O–H groups in total. The number of hydrogen-bond donors (Lipinski definition) is 0. The highest BCUT2D eigenvalue weighted by Gasteiger charge is 2.38. The number of rotatable bonds is 5. The van der Waals surface area contributed by atoms with Gasteiger partial charge in [-0.1, -0.05) is 6.92 Å². The highest BCUT2D eigenvalue weighted by molar-refractivity contribution is 7.09. The van der Waals surface area contributed by atoms with Crippen LogP contribution in [0.15, 0.2) is 11.6 Å². The zero-order chi connectivity index (χ0) is 14.7. The summed E-state index contributed by atoms with van der Waals surface area (Å²) in [4.78, 5) is 21.6. The van der Waals surface area contributed by atoms with Crippen LogP contribution in [0.4, 0.5) is 0 Å². The molecular formula is C16H25N3OS. The summed E-state index contributed by atoms with van der Waals surface area (Å²) in [6, 6.07) is 1.05. The largest absolute Gasteiger partial charge is 0.338 e. The fourth-order valence-electron chi connectivity index (χ4n) is 3.92. The molecule has 0 aliphatic carbocycles. The third-order valence-corrected chi connectivity index (χ3v) is 5.76. The van der Waals surface area contributed by atoms with Crippen molar-refractivity contribution in [3.8, 4) is 0 Å². The van der Waals surface area contributed by atoms with Crippen molar-refractivity contribution in [3.63, 3.8) is 0 Å². The predicted molar refractivity (Wildman–Crippen MR) is 85.4 cm³/mol. The van der Waals surface area contributed by atoms with Gasteiger partial charge in [0.25, 0.3) is 0 Å². The lowest BCUT2D eigenvalue weighted by Gasteiger charge is -2.34. The Morgan fingerprint density at radius 1 is 1.33 bits per heavy atom. The smallest absolute Gasteiger partial charge is 0.223 e. The van der Waals surface area contributed by atoms with Gasteiger partial charge in [0, 0.05) is 43.0 Å². The molecule has 21 heavy (non-hydrogen) atoms. The van der Waals surface area contributed by atoms with Crippen LogP contribution >= 0.6 is 11.3 Å². The molecule has 116 valence electrons. The van der Waals surface area contributed by atoms with Gasteiger partial charge in [-0.2, -0.15) is 0 Å². The first kappa shape index (κ1) is 15.0. The lowest BCUT2D eigenvalue weighted by atomic mass is 10.0. The minimum atomic E-state index is 0.329.